The summed E-state index contributed by atoms with van der Waals surface area (Å²) in [6.07, 6.45) is 1.29. The molecule has 0 aliphatic carbocycles. The molecule has 0 spiro atoms. The van der Waals surface area contributed by atoms with Crippen LogP contribution in [-0.4, -0.2) is 20.9 Å². The molecule has 31 heavy (non-hydrogen) atoms. The molecular formula is C25H17N3O3. The van der Waals surface area contributed by atoms with Crippen LogP contribution in [0, 0.1) is 0 Å². The number of fused-ring (bicyclic) bond motifs is 2. The van der Waals surface area contributed by atoms with Crippen LogP contribution in [0.5, 0.6) is 5.88 Å². The van der Waals surface area contributed by atoms with Crippen LogP contribution in [0.3, 0.4) is 0 Å². The van der Waals surface area contributed by atoms with Crippen molar-refractivity contribution in [1.82, 2.24) is 9.55 Å². The fraction of sp³-hybridized carbons (Fsp3) is 0. The van der Waals surface area contributed by atoms with E-state index in [1.807, 2.05) is 72.8 Å². The first-order chi connectivity index (χ1) is 15.1. The molecule has 0 radical (unpaired) electrons. The van der Waals surface area contributed by atoms with Gasteiger partial charge in [-0.3, -0.25) is 14.8 Å². The summed E-state index contributed by atoms with van der Waals surface area (Å²) in [6.45, 7) is 0. The number of aromatic amines is 1. The molecule has 5 aromatic rings. The molecule has 0 fully saturated rings. The Bertz CT molecular complexity index is 1590. The maximum absolute atomic E-state index is 12.6. The first kappa shape index (κ1) is 18.6. The highest BCUT2D eigenvalue weighted by atomic mass is 16.3. The Morgan fingerprint density at radius 2 is 1.39 bits per heavy atom. The molecule has 1 aromatic heterocycles. The number of nitrogens with zero attached hydrogens (tertiary/aromatic N) is 2. The third-order valence-electron chi connectivity index (χ3n) is 5.23. The maximum atomic E-state index is 12.6. The minimum Gasteiger partial charge on any atom is -0.493 e. The van der Waals surface area contributed by atoms with Gasteiger partial charge < -0.3 is 5.11 Å². The highest BCUT2D eigenvalue weighted by molar-refractivity contribution is 5.96. The Labute approximate surface area is 176 Å². The van der Waals surface area contributed by atoms with Crippen molar-refractivity contribution < 1.29 is 5.11 Å². The third kappa shape index (κ3) is 3.20. The van der Waals surface area contributed by atoms with E-state index in [9.17, 15) is 14.7 Å². The molecule has 0 saturated heterocycles. The zero-order chi connectivity index (χ0) is 21.4. The lowest BCUT2D eigenvalue weighted by atomic mass is 10.1. The average molecular weight is 407 g/mol. The Hall–Kier alpha value is -4.45. The van der Waals surface area contributed by atoms with Crippen LogP contribution < -0.4 is 11.2 Å². The molecule has 1 heterocycles. The molecule has 0 atom stereocenters. The SMILES string of the molecule is O=c1[nH]c(=O)n(-c2cccc3ccccc23)c(O)c1C=Nc1cccc2ccccc12. The first-order valence-corrected chi connectivity index (χ1v) is 9.72. The van der Waals surface area contributed by atoms with Crippen molar-refractivity contribution in [1.29, 1.82) is 0 Å². The van der Waals surface area contributed by atoms with E-state index in [2.05, 4.69) is 9.98 Å². The number of H-pyrrole nitrogens is 1. The van der Waals surface area contributed by atoms with E-state index in [-0.39, 0.29) is 5.56 Å². The summed E-state index contributed by atoms with van der Waals surface area (Å²) in [4.78, 5) is 31.8. The number of nitrogens with one attached hydrogen (secondary N) is 1. The Morgan fingerprint density at radius 3 is 2.16 bits per heavy atom. The third-order valence-corrected chi connectivity index (χ3v) is 5.23. The van der Waals surface area contributed by atoms with E-state index < -0.39 is 17.1 Å². The molecule has 0 bridgehead atoms. The van der Waals surface area contributed by atoms with Crippen molar-refractivity contribution in [3.63, 3.8) is 0 Å². The molecule has 0 unspecified atom stereocenters. The molecule has 6 nitrogen and oxygen atoms in total. The van der Waals surface area contributed by atoms with Crippen molar-refractivity contribution >= 4 is 33.4 Å². The first-order valence-electron chi connectivity index (χ1n) is 9.72. The largest absolute Gasteiger partial charge is 0.493 e. The van der Waals surface area contributed by atoms with Crippen molar-refractivity contribution in [3.8, 4) is 11.6 Å². The monoisotopic (exact) mass is 407 g/mol. The topological polar surface area (TPSA) is 87.5 Å². The van der Waals surface area contributed by atoms with Gasteiger partial charge in [0.15, 0.2) is 0 Å². The number of aliphatic imine (C=N–C) groups is 1. The zero-order valence-electron chi connectivity index (χ0n) is 16.3. The Kier molecular flexibility index (Phi) is 4.45. The van der Waals surface area contributed by atoms with E-state index in [0.717, 1.165) is 26.1 Å². The van der Waals surface area contributed by atoms with Crippen LogP contribution in [-0.2, 0) is 0 Å². The van der Waals surface area contributed by atoms with Gasteiger partial charge in [-0.2, -0.15) is 0 Å². The van der Waals surface area contributed by atoms with Crippen LogP contribution in [0.25, 0.3) is 27.2 Å². The van der Waals surface area contributed by atoms with E-state index in [0.29, 0.717) is 11.4 Å². The van der Waals surface area contributed by atoms with Gasteiger partial charge >= 0.3 is 5.69 Å². The number of benzene rings is 4. The second-order valence-corrected chi connectivity index (χ2v) is 7.09. The van der Waals surface area contributed by atoms with E-state index in [4.69, 9.17) is 0 Å². The van der Waals surface area contributed by atoms with Gasteiger partial charge in [-0.15, -0.1) is 0 Å². The van der Waals surface area contributed by atoms with Gasteiger partial charge in [-0.25, -0.2) is 9.36 Å². The molecule has 2 N–H and O–H groups in total. The summed E-state index contributed by atoms with van der Waals surface area (Å²) in [7, 11) is 0. The molecule has 0 amide bonds. The summed E-state index contributed by atoms with van der Waals surface area (Å²) in [5, 5.41) is 14.5. The van der Waals surface area contributed by atoms with Gasteiger partial charge in [0.1, 0.15) is 5.56 Å². The van der Waals surface area contributed by atoms with Gasteiger partial charge in [0, 0.05) is 17.0 Å². The van der Waals surface area contributed by atoms with Crippen LogP contribution in [0.4, 0.5) is 5.69 Å². The second-order valence-electron chi connectivity index (χ2n) is 7.09. The minimum absolute atomic E-state index is 0.0968. The smallest absolute Gasteiger partial charge is 0.335 e. The standard InChI is InChI=1S/C25H17N3O3/c29-23-20(15-26-21-13-5-9-16-7-1-3-11-18(16)21)24(30)28(25(31)27-23)22-14-6-10-17-8-2-4-12-19(17)22/h1-15,30H,(H,27,29,31). The van der Waals surface area contributed by atoms with E-state index in [1.54, 1.807) is 12.1 Å². The number of aromatic nitrogens is 2. The Balaban J connectivity index is 1.70. The van der Waals surface area contributed by atoms with Crippen molar-refractivity contribution in [3.05, 3.63) is 111 Å². The maximum Gasteiger partial charge on any atom is 0.335 e. The molecule has 0 aliphatic heterocycles. The summed E-state index contributed by atoms with van der Waals surface area (Å²) >= 11 is 0. The minimum atomic E-state index is -0.721. The number of rotatable bonds is 3. The highest BCUT2D eigenvalue weighted by Crippen LogP contribution is 2.27. The summed E-state index contributed by atoms with van der Waals surface area (Å²) in [6, 6.07) is 26.3. The molecule has 0 saturated carbocycles. The van der Waals surface area contributed by atoms with Gasteiger partial charge in [-0.1, -0.05) is 72.8 Å². The van der Waals surface area contributed by atoms with Crippen molar-refractivity contribution in [2.24, 2.45) is 4.99 Å². The fourth-order valence-electron chi connectivity index (χ4n) is 3.74. The number of aromatic hydroxyl groups is 1. The molecule has 4 aromatic carbocycles. The summed E-state index contributed by atoms with van der Waals surface area (Å²) in [5.74, 6) is -0.464. The second kappa shape index (κ2) is 7.42. The van der Waals surface area contributed by atoms with Gasteiger partial charge in [0.25, 0.3) is 5.56 Å². The van der Waals surface area contributed by atoms with E-state index in [1.165, 1.54) is 6.21 Å². The van der Waals surface area contributed by atoms with E-state index >= 15 is 0 Å². The lowest BCUT2D eigenvalue weighted by Gasteiger charge is -2.12. The van der Waals surface area contributed by atoms with Crippen LogP contribution in [0.15, 0.2) is 99.5 Å². The van der Waals surface area contributed by atoms with Crippen molar-refractivity contribution in [2.75, 3.05) is 0 Å². The van der Waals surface area contributed by atoms with Crippen LogP contribution >= 0.6 is 0 Å². The molecule has 5 rings (SSSR count). The number of hydrogen-bond acceptors (Lipinski definition) is 4. The molecular weight excluding hydrogens is 390 g/mol. The lowest BCUT2D eigenvalue weighted by molar-refractivity contribution is 0.430. The number of hydrogen-bond donors (Lipinski definition) is 2. The van der Waals surface area contributed by atoms with Gasteiger partial charge in [0.2, 0.25) is 5.88 Å². The Morgan fingerprint density at radius 1 is 0.774 bits per heavy atom. The predicted molar refractivity (Wildman–Crippen MR) is 123 cm³/mol. The molecule has 150 valence electrons. The average Bonchev–Trinajstić information content (AvgIpc) is 2.79. The molecule has 0 aliphatic rings. The quantitative estimate of drug-likeness (QED) is 0.438. The summed E-state index contributed by atoms with van der Waals surface area (Å²) < 4.78 is 1.09. The highest BCUT2D eigenvalue weighted by Gasteiger charge is 2.16. The normalized spacial score (nSPS) is 11.5. The van der Waals surface area contributed by atoms with Gasteiger partial charge in [-0.05, 0) is 22.9 Å². The van der Waals surface area contributed by atoms with Crippen LogP contribution in [0.1, 0.15) is 5.56 Å². The summed E-state index contributed by atoms with van der Waals surface area (Å²) in [5.41, 5.74) is -0.402. The molecule has 6 heteroatoms. The van der Waals surface area contributed by atoms with Crippen LogP contribution in [0.2, 0.25) is 0 Å². The fourth-order valence-corrected chi connectivity index (χ4v) is 3.74. The lowest BCUT2D eigenvalue weighted by Crippen LogP contribution is -2.31. The predicted octanol–water partition coefficient (Wildman–Crippen LogP) is 4.29. The van der Waals surface area contributed by atoms with Crippen molar-refractivity contribution in [2.45, 2.75) is 0 Å². The zero-order valence-corrected chi connectivity index (χ0v) is 16.3. The van der Waals surface area contributed by atoms with Gasteiger partial charge in [0.05, 0.1) is 11.4 Å².